The van der Waals surface area contributed by atoms with Crippen molar-refractivity contribution in [2.24, 2.45) is 4.99 Å². The van der Waals surface area contributed by atoms with E-state index >= 15 is 0 Å². The molecule has 0 bridgehead atoms. The van der Waals surface area contributed by atoms with Gasteiger partial charge in [-0.25, -0.2) is 4.99 Å². The quantitative estimate of drug-likeness (QED) is 0.228. The first kappa shape index (κ1) is 22.0. The third kappa shape index (κ3) is 9.45. The van der Waals surface area contributed by atoms with Crippen LogP contribution in [0.3, 0.4) is 0 Å². The zero-order chi connectivity index (χ0) is 17.7. The number of hydrogen-bond donors (Lipinski definition) is 3. The van der Waals surface area contributed by atoms with Crippen LogP contribution >= 0.6 is 24.0 Å². The molecular weight excluding hydrogens is 443 g/mol. The summed E-state index contributed by atoms with van der Waals surface area (Å²) in [6.45, 7) is 4.27. The van der Waals surface area contributed by atoms with Crippen LogP contribution in [0.1, 0.15) is 24.7 Å². The SMILES string of the molecule is CC(=O)NCCCNC(=NCc1ccccc1)NCCc1ccco1.I. The van der Waals surface area contributed by atoms with E-state index in [-0.39, 0.29) is 29.9 Å². The average Bonchev–Trinajstić information content (AvgIpc) is 3.13. The number of carbonyl (C=O) groups is 1. The minimum absolute atomic E-state index is 0. The van der Waals surface area contributed by atoms with Gasteiger partial charge in [0, 0.05) is 33.0 Å². The van der Waals surface area contributed by atoms with E-state index in [0.717, 1.165) is 43.2 Å². The number of carbonyl (C=O) groups excluding carboxylic acids is 1. The fourth-order valence-electron chi connectivity index (χ4n) is 2.25. The summed E-state index contributed by atoms with van der Waals surface area (Å²) in [6.07, 6.45) is 3.31. The van der Waals surface area contributed by atoms with Gasteiger partial charge in [-0.2, -0.15) is 0 Å². The Morgan fingerprint density at radius 1 is 1.00 bits per heavy atom. The van der Waals surface area contributed by atoms with E-state index in [4.69, 9.17) is 4.42 Å². The topological polar surface area (TPSA) is 78.7 Å². The Balaban J connectivity index is 0.00000338. The average molecular weight is 470 g/mol. The second-order valence-electron chi connectivity index (χ2n) is 5.67. The van der Waals surface area contributed by atoms with Gasteiger partial charge >= 0.3 is 0 Å². The Kier molecular flexibility index (Phi) is 11.2. The molecule has 3 N–H and O–H groups in total. The first-order valence-electron chi connectivity index (χ1n) is 8.57. The molecule has 0 aliphatic carbocycles. The van der Waals surface area contributed by atoms with Crippen molar-refractivity contribution in [2.75, 3.05) is 19.6 Å². The maximum atomic E-state index is 10.9. The van der Waals surface area contributed by atoms with Crippen molar-refractivity contribution >= 4 is 35.8 Å². The van der Waals surface area contributed by atoms with Gasteiger partial charge in [0.05, 0.1) is 12.8 Å². The highest BCUT2D eigenvalue weighted by Gasteiger charge is 2.01. The number of nitrogens with zero attached hydrogens (tertiary/aromatic N) is 1. The summed E-state index contributed by atoms with van der Waals surface area (Å²) in [7, 11) is 0. The van der Waals surface area contributed by atoms with Crippen LogP contribution < -0.4 is 16.0 Å². The number of guanidine groups is 1. The molecule has 1 aromatic carbocycles. The van der Waals surface area contributed by atoms with Gasteiger partial charge in [0.2, 0.25) is 5.91 Å². The van der Waals surface area contributed by atoms with Crippen LogP contribution in [0.15, 0.2) is 58.1 Å². The third-order valence-corrected chi connectivity index (χ3v) is 3.53. The summed E-state index contributed by atoms with van der Waals surface area (Å²) in [5.74, 6) is 1.70. The van der Waals surface area contributed by atoms with E-state index in [1.165, 1.54) is 6.92 Å². The zero-order valence-corrected chi connectivity index (χ0v) is 17.4. The largest absolute Gasteiger partial charge is 0.469 e. The molecule has 7 heteroatoms. The van der Waals surface area contributed by atoms with Crippen molar-refractivity contribution in [1.82, 2.24) is 16.0 Å². The van der Waals surface area contributed by atoms with Crippen LogP contribution in [0.5, 0.6) is 0 Å². The molecule has 0 spiro atoms. The van der Waals surface area contributed by atoms with E-state index in [1.54, 1.807) is 6.26 Å². The maximum Gasteiger partial charge on any atom is 0.216 e. The third-order valence-electron chi connectivity index (χ3n) is 3.53. The highest BCUT2D eigenvalue weighted by Crippen LogP contribution is 2.01. The maximum absolute atomic E-state index is 10.9. The van der Waals surface area contributed by atoms with Crippen LogP contribution in [0.4, 0.5) is 0 Å². The number of halogens is 1. The van der Waals surface area contributed by atoms with Crippen LogP contribution in [0.25, 0.3) is 0 Å². The monoisotopic (exact) mass is 470 g/mol. The lowest BCUT2D eigenvalue weighted by atomic mass is 10.2. The van der Waals surface area contributed by atoms with Crippen molar-refractivity contribution in [3.05, 3.63) is 60.1 Å². The lowest BCUT2D eigenvalue weighted by Crippen LogP contribution is -2.39. The fourth-order valence-corrected chi connectivity index (χ4v) is 2.25. The molecule has 2 rings (SSSR count). The van der Waals surface area contributed by atoms with Gasteiger partial charge in [-0.1, -0.05) is 30.3 Å². The molecule has 142 valence electrons. The molecule has 1 aromatic heterocycles. The first-order valence-corrected chi connectivity index (χ1v) is 8.57. The Bertz CT molecular complexity index is 645. The van der Waals surface area contributed by atoms with Crippen molar-refractivity contribution in [1.29, 1.82) is 0 Å². The molecular formula is C19H27IN4O2. The van der Waals surface area contributed by atoms with E-state index in [2.05, 4.69) is 33.1 Å². The van der Waals surface area contributed by atoms with Gasteiger partial charge in [-0.3, -0.25) is 4.79 Å². The Morgan fingerprint density at radius 3 is 2.42 bits per heavy atom. The molecule has 0 radical (unpaired) electrons. The standard InChI is InChI=1S/C19H26N4O2.HI/c1-16(24)20-11-6-12-21-19(22-13-10-18-9-5-14-25-18)23-15-17-7-3-2-4-8-17;/h2-5,7-9,14H,6,10-13,15H2,1H3,(H,20,24)(H2,21,22,23);1H. The zero-order valence-electron chi connectivity index (χ0n) is 15.0. The highest BCUT2D eigenvalue weighted by molar-refractivity contribution is 14.0. The number of benzene rings is 1. The van der Waals surface area contributed by atoms with E-state index < -0.39 is 0 Å². The number of hydrogen-bond acceptors (Lipinski definition) is 3. The number of nitrogens with one attached hydrogen (secondary N) is 3. The number of furan rings is 1. The summed E-state index contributed by atoms with van der Waals surface area (Å²) in [6, 6.07) is 14.0. The molecule has 0 aliphatic rings. The summed E-state index contributed by atoms with van der Waals surface area (Å²) < 4.78 is 5.34. The molecule has 0 aliphatic heterocycles. The predicted octanol–water partition coefficient (Wildman–Crippen LogP) is 2.70. The molecule has 1 amide bonds. The van der Waals surface area contributed by atoms with Crippen LogP contribution in [-0.2, 0) is 17.8 Å². The molecule has 2 aromatic rings. The smallest absolute Gasteiger partial charge is 0.216 e. The number of aliphatic imine (C=N–C) groups is 1. The second-order valence-corrected chi connectivity index (χ2v) is 5.67. The molecule has 0 atom stereocenters. The molecule has 0 unspecified atom stereocenters. The van der Waals surface area contributed by atoms with Crippen LogP contribution in [0.2, 0.25) is 0 Å². The van der Waals surface area contributed by atoms with Gasteiger partial charge in [-0.05, 0) is 24.1 Å². The van der Waals surface area contributed by atoms with Gasteiger partial charge in [-0.15, -0.1) is 24.0 Å². The van der Waals surface area contributed by atoms with Crippen LogP contribution in [-0.4, -0.2) is 31.5 Å². The molecule has 26 heavy (non-hydrogen) atoms. The predicted molar refractivity (Wildman–Crippen MR) is 115 cm³/mol. The summed E-state index contributed by atoms with van der Waals surface area (Å²) in [5, 5.41) is 9.41. The van der Waals surface area contributed by atoms with Crippen molar-refractivity contribution in [3.8, 4) is 0 Å². The number of rotatable bonds is 9. The highest BCUT2D eigenvalue weighted by atomic mass is 127. The lowest BCUT2D eigenvalue weighted by Gasteiger charge is -2.12. The minimum Gasteiger partial charge on any atom is -0.469 e. The van der Waals surface area contributed by atoms with Gasteiger partial charge in [0.1, 0.15) is 5.76 Å². The summed E-state index contributed by atoms with van der Waals surface area (Å²) >= 11 is 0. The van der Waals surface area contributed by atoms with Gasteiger partial charge in [0.15, 0.2) is 5.96 Å². The summed E-state index contributed by atoms with van der Waals surface area (Å²) in [5.41, 5.74) is 1.16. The van der Waals surface area contributed by atoms with Crippen molar-refractivity contribution in [2.45, 2.75) is 26.3 Å². The van der Waals surface area contributed by atoms with Crippen molar-refractivity contribution < 1.29 is 9.21 Å². The lowest BCUT2D eigenvalue weighted by molar-refractivity contribution is -0.118. The molecule has 0 saturated heterocycles. The van der Waals surface area contributed by atoms with Crippen LogP contribution in [0, 0.1) is 0 Å². The molecule has 6 nitrogen and oxygen atoms in total. The molecule has 0 fully saturated rings. The van der Waals surface area contributed by atoms with Gasteiger partial charge < -0.3 is 20.4 Å². The Labute approximate surface area is 171 Å². The van der Waals surface area contributed by atoms with E-state index in [9.17, 15) is 4.79 Å². The summed E-state index contributed by atoms with van der Waals surface area (Å²) in [4.78, 5) is 15.5. The van der Waals surface area contributed by atoms with Gasteiger partial charge in [0.25, 0.3) is 0 Å². The van der Waals surface area contributed by atoms with E-state index in [0.29, 0.717) is 13.1 Å². The van der Waals surface area contributed by atoms with Crippen molar-refractivity contribution in [3.63, 3.8) is 0 Å². The normalized spacial score (nSPS) is 10.7. The molecule has 0 saturated carbocycles. The number of amides is 1. The first-order chi connectivity index (χ1) is 12.2. The minimum atomic E-state index is -0.00505. The second kappa shape index (κ2) is 13.2. The van der Waals surface area contributed by atoms with E-state index in [1.807, 2.05) is 30.3 Å². The fraction of sp³-hybridized carbons (Fsp3) is 0.368. The molecule has 1 heterocycles. The Morgan fingerprint density at radius 2 is 1.73 bits per heavy atom. The Hall–Kier alpha value is -2.03.